The number of carbonyl (C=O) groups excluding carboxylic acids is 1. The molecular formula is C19H19N3O2. The van der Waals surface area contributed by atoms with Crippen LogP contribution < -0.4 is 10.1 Å². The summed E-state index contributed by atoms with van der Waals surface area (Å²) in [5.41, 5.74) is 1.74. The van der Waals surface area contributed by atoms with Crippen LogP contribution in [0.15, 0.2) is 73.1 Å². The summed E-state index contributed by atoms with van der Waals surface area (Å²) in [6, 6.07) is 19.0. The van der Waals surface area contributed by atoms with Crippen molar-refractivity contribution < 1.29 is 9.53 Å². The van der Waals surface area contributed by atoms with Gasteiger partial charge in [0, 0.05) is 18.0 Å². The summed E-state index contributed by atoms with van der Waals surface area (Å²) in [6.07, 6.45) is 3.66. The zero-order valence-electron chi connectivity index (χ0n) is 13.3. The third-order valence-corrected chi connectivity index (χ3v) is 3.52. The second kappa shape index (κ2) is 7.97. The van der Waals surface area contributed by atoms with Crippen molar-refractivity contribution in [1.82, 2.24) is 15.1 Å². The van der Waals surface area contributed by atoms with Crippen LogP contribution in [0.1, 0.15) is 15.9 Å². The third kappa shape index (κ3) is 4.46. The van der Waals surface area contributed by atoms with Crippen LogP contribution in [-0.2, 0) is 6.54 Å². The Bertz CT molecular complexity index is 753. The molecule has 1 N–H and O–H groups in total. The van der Waals surface area contributed by atoms with Crippen molar-refractivity contribution in [3.63, 3.8) is 0 Å². The van der Waals surface area contributed by atoms with E-state index in [4.69, 9.17) is 4.74 Å². The first kappa shape index (κ1) is 15.8. The molecule has 3 aromatic rings. The minimum atomic E-state index is -0.0997. The highest BCUT2D eigenvalue weighted by molar-refractivity contribution is 5.94. The predicted molar refractivity (Wildman–Crippen MR) is 92.0 cm³/mol. The second-order valence-electron chi connectivity index (χ2n) is 5.32. The van der Waals surface area contributed by atoms with Crippen LogP contribution >= 0.6 is 0 Å². The molecule has 24 heavy (non-hydrogen) atoms. The number of rotatable bonds is 7. The Balaban J connectivity index is 1.44. The van der Waals surface area contributed by atoms with Gasteiger partial charge in [0.05, 0.1) is 13.1 Å². The van der Waals surface area contributed by atoms with Crippen molar-refractivity contribution in [2.75, 3.05) is 13.2 Å². The summed E-state index contributed by atoms with van der Waals surface area (Å²) in [7, 11) is 0. The van der Waals surface area contributed by atoms with E-state index in [-0.39, 0.29) is 5.91 Å². The van der Waals surface area contributed by atoms with Gasteiger partial charge >= 0.3 is 0 Å². The summed E-state index contributed by atoms with van der Waals surface area (Å²) in [5, 5.41) is 7.02. The first-order chi connectivity index (χ1) is 11.8. The molecule has 0 fully saturated rings. The van der Waals surface area contributed by atoms with E-state index in [0.717, 1.165) is 11.3 Å². The molecule has 3 rings (SSSR count). The molecule has 5 nitrogen and oxygen atoms in total. The van der Waals surface area contributed by atoms with Crippen molar-refractivity contribution in [3.05, 3.63) is 84.2 Å². The maximum Gasteiger partial charge on any atom is 0.251 e. The van der Waals surface area contributed by atoms with Crippen LogP contribution in [0.4, 0.5) is 0 Å². The number of hydrogen-bond acceptors (Lipinski definition) is 3. The van der Waals surface area contributed by atoms with Gasteiger partial charge in [0.25, 0.3) is 5.91 Å². The van der Waals surface area contributed by atoms with E-state index in [1.807, 2.05) is 71.5 Å². The van der Waals surface area contributed by atoms with E-state index in [1.165, 1.54) is 0 Å². The molecule has 1 heterocycles. The lowest BCUT2D eigenvalue weighted by molar-refractivity contribution is 0.0947. The van der Waals surface area contributed by atoms with Crippen molar-refractivity contribution in [2.24, 2.45) is 0 Å². The van der Waals surface area contributed by atoms with Gasteiger partial charge in [-0.15, -0.1) is 0 Å². The number of hydrogen-bond donors (Lipinski definition) is 1. The normalized spacial score (nSPS) is 10.3. The molecule has 0 aliphatic rings. The molecular weight excluding hydrogens is 302 g/mol. The second-order valence-corrected chi connectivity index (χ2v) is 5.32. The highest BCUT2D eigenvalue weighted by atomic mass is 16.5. The van der Waals surface area contributed by atoms with Gasteiger partial charge in [0.1, 0.15) is 12.4 Å². The smallest absolute Gasteiger partial charge is 0.251 e. The highest BCUT2D eigenvalue weighted by Gasteiger charge is 2.05. The van der Waals surface area contributed by atoms with Gasteiger partial charge in [-0.2, -0.15) is 5.10 Å². The van der Waals surface area contributed by atoms with E-state index in [2.05, 4.69) is 10.4 Å². The van der Waals surface area contributed by atoms with Crippen molar-refractivity contribution in [1.29, 1.82) is 0 Å². The summed E-state index contributed by atoms with van der Waals surface area (Å²) in [6.45, 7) is 1.59. The molecule has 0 aliphatic carbocycles. The van der Waals surface area contributed by atoms with Crippen LogP contribution in [0.2, 0.25) is 0 Å². The number of amides is 1. The van der Waals surface area contributed by atoms with Crippen LogP contribution in [0.3, 0.4) is 0 Å². The summed E-state index contributed by atoms with van der Waals surface area (Å²) < 4.78 is 7.39. The topological polar surface area (TPSA) is 56.1 Å². The maximum absolute atomic E-state index is 12.1. The standard InChI is InChI=1S/C19H19N3O2/c23-19(20-12-14-24-18-5-2-1-3-6-18)17-9-7-16(8-10-17)15-22-13-4-11-21-22/h1-11,13H,12,14-15H2,(H,20,23). The monoisotopic (exact) mass is 321 g/mol. The molecule has 0 aliphatic heterocycles. The van der Waals surface area contributed by atoms with Gasteiger partial charge in [0.15, 0.2) is 0 Å². The van der Waals surface area contributed by atoms with E-state index in [1.54, 1.807) is 6.20 Å². The maximum atomic E-state index is 12.1. The molecule has 0 saturated carbocycles. The highest BCUT2D eigenvalue weighted by Crippen LogP contribution is 2.08. The van der Waals surface area contributed by atoms with Gasteiger partial charge in [-0.05, 0) is 35.9 Å². The Kier molecular flexibility index (Phi) is 5.24. The first-order valence-corrected chi connectivity index (χ1v) is 7.84. The van der Waals surface area contributed by atoms with E-state index < -0.39 is 0 Å². The molecule has 0 saturated heterocycles. The summed E-state index contributed by atoms with van der Waals surface area (Å²) >= 11 is 0. The molecule has 0 spiro atoms. The fraction of sp³-hybridized carbons (Fsp3) is 0.158. The SMILES string of the molecule is O=C(NCCOc1ccccc1)c1ccc(Cn2cccn2)cc1. The first-order valence-electron chi connectivity index (χ1n) is 7.84. The molecule has 1 aromatic heterocycles. The van der Waals surface area contributed by atoms with Crippen LogP contribution in [0.5, 0.6) is 5.75 Å². The molecule has 5 heteroatoms. The summed E-state index contributed by atoms with van der Waals surface area (Å²) in [5.74, 6) is 0.701. The fourth-order valence-electron chi connectivity index (χ4n) is 2.29. The molecule has 0 atom stereocenters. The van der Waals surface area contributed by atoms with E-state index in [0.29, 0.717) is 25.3 Å². The van der Waals surface area contributed by atoms with Crippen LogP contribution in [0, 0.1) is 0 Å². The number of ether oxygens (including phenoxy) is 1. The van der Waals surface area contributed by atoms with E-state index in [9.17, 15) is 4.79 Å². The van der Waals surface area contributed by atoms with Crippen LogP contribution in [-0.4, -0.2) is 28.8 Å². The van der Waals surface area contributed by atoms with E-state index >= 15 is 0 Å². The number of benzene rings is 2. The zero-order chi connectivity index (χ0) is 16.6. The van der Waals surface area contributed by atoms with Gasteiger partial charge in [-0.1, -0.05) is 30.3 Å². The Morgan fingerprint density at radius 2 is 1.83 bits per heavy atom. The quantitative estimate of drug-likeness (QED) is 0.681. The number of aromatic nitrogens is 2. The molecule has 0 bridgehead atoms. The molecule has 2 aromatic carbocycles. The number of carbonyl (C=O) groups is 1. The van der Waals surface area contributed by atoms with Gasteiger partial charge < -0.3 is 10.1 Å². The van der Waals surface area contributed by atoms with Crippen molar-refractivity contribution >= 4 is 5.91 Å². The van der Waals surface area contributed by atoms with Gasteiger partial charge in [-0.3, -0.25) is 9.48 Å². The molecule has 1 amide bonds. The Hall–Kier alpha value is -3.08. The lowest BCUT2D eigenvalue weighted by atomic mass is 10.1. The van der Waals surface area contributed by atoms with Gasteiger partial charge in [-0.25, -0.2) is 0 Å². The minimum Gasteiger partial charge on any atom is -0.492 e. The Morgan fingerprint density at radius 1 is 1.04 bits per heavy atom. The largest absolute Gasteiger partial charge is 0.492 e. The predicted octanol–water partition coefficient (Wildman–Crippen LogP) is 2.74. The Labute approximate surface area is 140 Å². The van der Waals surface area contributed by atoms with Crippen molar-refractivity contribution in [2.45, 2.75) is 6.54 Å². The summed E-state index contributed by atoms with van der Waals surface area (Å²) in [4.78, 5) is 12.1. The van der Waals surface area contributed by atoms with Gasteiger partial charge in [0.2, 0.25) is 0 Å². The third-order valence-electron chi connectivity index (χ3n) is 3.52. The minimum absolute atomic E-state index is 0.0997. The number of nitrogens with one attached hydrogen (secondary N) is 1. The number of nitrogens with zero attached hydrogens (tertiary/aromatic N) is 2. The molecule has 122 valence electrons. The molecule has 0 radical (unpaired) electrons. The van der Waals surface area contributed by atoms with Crippen molar-refractivity contribution in [3.8, 4) is 5.75 Å². The molecule has 0 unspecified atom stereocenters. The zero-order valence-corrected chi connectivity index (χ0v) is 13.3. The van der Waals surface area contributed by atoms with Crippen LogP contribution in [0.25, 0.3) is 0 Å². The fourth-order valence-corrected chi connectivity index (χ4v) is 2.29. The average molecular weight is 321 g/mol. The Morgan fingerprint density at radius 3 is 2.54 bits per heavy atom. The average Bonchev–Trinajstić information content (AvgIpc) is 3.13. The lowest BCUT2D eigenvalue weighted by Gasteiger charge is -2.08. The lowest BCUT2D eigenvalue weighted by Crippen LogP contribution is -2.28. The number of para-hydroxylation sites is 1.